The van der Waals surface area contributed by atoms with Crippen LogP contribution in [0.1, 0.15) is 55.9 Å². The third-order valence-electron chi connectivity index (χ3n) is 5.62. The molecule has 1 aliphatic carbocycles. The monoisotopic (exact) mass is 338 g/mol. The minimum Gasteiger partial charge on any atom is -0.393 e. The molecule has 4 atom stereocenters. The second-order valence-corrected chi connectivity index (χ2v) is 7.80. The third-order valence-corrected chi connectivity index (χ3v) is 5.83. The molecule has 2 aliphatic rings. The Morgan fingerprint density at radius 1 is 1.30 bits per heavy atom. The minimum absolute atomic E-state index is 0.0505. The van der Waals surface area contributed by atoms with E-state index in [0.29, 0.717) is 16.6 Å². The number of nitrogens with zero attached hydrogens (tertiary/aromatic N) is 2. The number of likely N-dealkylation sites (tertiary alicyclic amines) is 1. The Hall–Kier alpha value is -1.00. The van der Waals surface area contributed by atoms with Crippen molar-refractivity contribution in [2.24, 2.45) is 18.9 Å². The summed E-state index contributed by atoms with van der Waals surface area (Å²) in [6.45, 7) is 3.04. The molecule has 0 spiro atoms. The van der Waals surface area contributed by atoms with Crippen LogP contribution in [0.25, 0.3) is 0 Å². The number of carbonyl (C=O) groups excluding carboxylic acids is 1. The summed E-state index contributed by atoms with van der Waals surface area (Å²) in [5.74, 6) is 0.889. The molecular formula is C18H27ClN2O2. The molecule has 0 radical (unpaired) electrons. The van der Waals surface area contributed by atoms with Gasteiger partial charge in [-0.2, -0.15) is 0 Å². The number of halogens is 1. The van der Waals surface area contributed by atoms with Gasteiger partial charge in [0.15, 0.2) is 0 Å². The van der Waals surface area contributed by atoms with E-state index >= 15 is 0 Å². The Labute approximate surface area is 143 Å². The number of aromatic nitrogens is 1. The highest BCUT2D eigenvalue weighted by atomic mass is 35.5. The number of aliphatic hydroxyl groups is 1. The first-order chi connectivity index (χ1) is 11.0. The molecule has 128 valence electrons. The first kappa shape index (κ1) is 16.8. The van der Waals surface area contributed by atoms with Crippen LogP contribution in [0.2, 0.25) is 5.02 Å². The zero-order valence-electron chi connectivity index (χ0n) is 14.0. The highest BCUT2D eigenvalue weighted by Gasteiger charge is 2.39. The quantitative estimate of drug-likeness (QED) is 0.897. The smallest absolute Gasteiger partial charge is 0.270 e. The molecule has 0 aromatic carbocycles. The number of piperidine rings is 1. The van der Waals surface area contributed by atoms with Crippen molar-refractivity contribution in [3.63, 3.8) is 0 Å². The van der Waals surface area contributed by atoms with E-state index < -0.39 is 0 Å². The standard InChI is InChI=1S/C18H27ClN2O2/c1-12-6-7-17(22)14(9-12)15-5-3-4-8-21(15)18(23)16-10-13(19)11-20(16)2/h10-12,14-15,17,22H,3-9H2,1-2H3/t12-,14+,15-,17+/m1/s1. The van der Waals surface area contributed by atoms with Crippen LogP contribution in [0.4, 0.5) is 0 Å². The van der Waals surface area contributed by atoms with Gasteiger partial charge in [0.25, 0.3) is 5.91 Å². The minimum atomic E-state index is -0.276. The Kier molecular flexibility index (Phi) is 5.02. The summed E-state index contributed by atoms with van der Waals surface area (Å²) in [7, 11) is 1.86. The first-order valence-corrected chi connectivity index (χ1v) is 9.16. The zero-order valence-corrected chi connectivity index (χ0v) is 14.8. The molecule has 4 nitrogen and oxygen atoms in total. The van der Waals surface area contributed by atoms with Crippen LogP contribution >= 0.6 is 11.6 Å². The predicted molar refractivity (Wildman–Crippen MR) is 91.6 cm³/mol. The average molecular weight is 339 g/mol. The molecular weight excluding hydrogens is 312 g/mol. The van der Waals surface area contributed by atoms with E-state index in [9.17, 15) is 9.90 Å². The van der Waals surface area contributed by atoms with Gasteiger partial charge in [0, 0.05) is 31.7 Å². The lowest BCUT2D eigenvalue weighted by Crippen LogP contribution is -2.52. The molecule has 1 aromatic rings. The number of hydrogen-bond acceptors (Lipinski definition) is 2. The van der Waals surface area contributed by atoms with Crippen LogP contribution in [0.3, 0.4) is 0 Å². The molecule has 1 amide bonds. The van der Waals surface area contributed by atoms with Crippen LogP contribution in [-0.2, 0) is 7.05 Å². The molecule has 1 aromatic heterocycles. The highest BCUT2D eigenvalue weighted by molar-refractivity contribution is 6.31. The number of hydrogen-bond donors (Lipinski definition) is 1. The number of aliphatic hydroxyl groups excluding tert-OH is 1. The van der Waals surface area contributed by atoms with Gasteiger partial charge in [-0.25, -0.2) is 0 Å². The second-order valence-electron chi connectivity index (χ2n) is 7.37. The largest absolute Gasteiger partial charge is 0.393 e. The fourth-order valence-electron chi connectivity index (χ4n) is 4.36. The van der Waals surface area contributed by atoms with E-state index in [1.54, 1.807) is 16.8 Å². The topological polar surface area (TPSA) is 45.5 Å². The lowest BCUT2D eigenvalue weighted by atomic mass is 9.74. The van der Waals surface area contributed by atoms with Crippen molar-refractivity contribution in [2.75, 3.05) is 6.54 Å². The second kappa shape index (κ2) is 6.86. The average Bonchev–Trinajstić information content (AvgIpc) is 2.87. The van der Waals surface area contributed by atoms with E-state index in [1.165, 1.54) is 0 Å². The Morgan fingerprint density at radius 2 is 2.09 bits per heavy atom. The lowest BCUT2D eigenvalue weighted by molar-refractivity contribution is -0.0124. The molecule has 3 rings (SSSR count). The van der Waals surface area contributed by atoms with E-state index in [4.69, 9.17) is 11.6 Å². The van der Waals surface area contributed by atoms with Crippen LogP contribution in [-0.4, -0.2) is 39.2 Å². The molecule has 0 unspecified atom stereocenters. The van der Waals surface area contributed by atoms with Crippen LogP contribution in [0, 0.1) is 11.8 Å². The maximum Gasteiger partial charge on any atom is 0.270 e. The summed E-state index contributed by atoms with van der Waals surface area (Å²) >= 11 is 6.04. The molecule has 1 saturated carbocycles. The summed E-state index contributed by atoms with van der Waals surface area (Å²) < 4.78 is 1.80. The van der Waals surface area contributed by atoms with Crippen molar-refractivity contribution in [3.05, 3.63) is 23.0 Å². The van der Waals surface area contributed by atoms with Gasteiger partial charge >= 0.3 is 0 Å². The summed E-state index contributed by atoms with van der Waals surface area (Å²) in [5.41, 5.74) is 0.639. The molecule has 0 bridgehead atoms. The zero-order chi connectivity index (χ0) is 16.6. The van der Waals surface area contributed by atoms with Gasteiger partial charge in [-0.1, -0.05) is 18.5 Å². The van der Waals surface area contributed by atoms with Gasteiger partial charge < -0.3 is 14.6 Å². The first-order valence-electron chi connectivity index (χ1n) is 8.78. The third kappa shape index (κ3) is 3.43. The Morgan fingerprint density at radius 3 is 2.78 bits per heavy atom. The molecule has 1 aliphatic heterocycles. The van der Waals surface area contributed by atoms with E-state index in [2.05, 4.69) is 6.92 Å². The fourth-order valence-corrected chi connectivity index (χ4v) is 4.61. The van der Waals surface area contributed by atoms with Crippen molar-refractivity contribution in [1.82, 2.24) is 9.47 Å². The molecule has 1 saturated heterocycles. The molecule has 5 heteroatoms. The summed E-state index contributed by atoms with van der Waals surface area (Å²) in [6, 6.07) is 1.90. The fraction of sp³-hybridized carbons (Fsp3) is 0.722. The Balaban J connectivity index is 1.83. The molecule has 1 N–H and O–H groups in total. The van der Waals surface area contributed by atoms with Gasteiger partial charge in [0.05, 0.1) is 11.1 Å². The molecule has 2 heterocycles. The summed E-state index contributed by atoms with van der Waals surface area (Å²) in [5, 5.41) is 11.1. The van der Waals surface area contributed by atoms with Crippen molar-refractivity contribution in [1.29, 1.82) is 0 Å². The van der Waals surface area contributed by atoms with Crippen molar-refractivity contribution in [2.45, 2.75) is 57.6 Å². The summed E-state index contributed by atoms with van der Waals surface area (Å²) in [4.78, 5) is 15.0. The summed E-state index contributed by atoms with van der Waals surface area (Å²) in [6.07, 6.45) is 7.64. The van der Waals surface area contributed by atoms with Crippen LogP contribution in [0.15, 0.2) is 12.3 Å². The van der Waals surface area contributed by atoms with E-state index in [0.717, 1.165) is 45.1 Å². The van der Waals surface area contributed by atoms with Gasteiger partial charge in [-0.05, 0) is 50.5 Å². The number of aryl methyl sites for hydroxylation is 1. The Bertz CT molecular complexity index is 571. The number of rotatable bonds is 2. The van der Waals surface area contributed by atoms with Gasteiger partial charge in [0.2, 0.25) is 0 Å². The SMILES string of the molecule is C[C@@H]1CC[C@H](O)[C@H]([C@H]2CCCCN2C(=O)c2cc(Cl)cn2C)C1. The number of amides is 1. The van der Waals surface area contributed by atoms with Crippen molar-refractivity contribution < 1.29 is 9.90 Å². The van der Waals surface area contributed by atoms with Crippen LogP contribution in [0.5, 0.6) is 0 Å². The van der Waals surface area contributed by atoms with Crippen LogP contribution < -0.4 is 0 Å². The van der Waals surface area contributed by atoms with Gasteiger partial charge in [-0.3, -0.25) is 4.79 Å². The van der Waals surface area contributed by atoms with Crippen molar-refractivity contribution in [3.8, 4) is 0 Å². The maximum atomic E-state index is 13.0. The normalized spacial score (nSPS) is 32.1. The van der Waals surface area contributed by atoms with E-state index in [1.807, 2.05) is 11.9 Å². The highest BCUT2D eigenvalue weighted by Crippen LogP contribution is 2.37. The van der Waals surface area contributed by atoms with Crippen molar-refractivity contribution >= 4 is 17.5 Å². The predicted octanol–water partition coefficient (Wildman–Crippen LogP) is 3.47. The van der Waals surface area contributed by atoms with E-state index in [-0.39, 0.29) is 24.0 Å². The molecule has 23 heavy (non-hydrogen) atoms. The molecule has 2 fully saturated rings. The van der Waals surface area contributed by atoms with Gasteiger partial charge in [-0.15, -0.1) is 0 Å². The number of carbonyl (C=O) groups is 1. The van der Waals surface area contributed by atoms with Gasteiger partial charge in [0.1, 0.15) is 5.69 Å². The maximum absolute atomic E-state index is 13.0. The lowest BCUT2D eigenvalue weighted by Gasteiger charge is -2.45.